The zero-order valence-corrected chi connectivity index (χ0v) is 11.6. The Morgan fingerprint density at radius 3 is 2.62 bits per heavy atom. The lowest BCUT2D eigenvalue weighted by Crippen LogP contribution is -2.38. The molecule has 2 aromatic heterocycles. The minimum absolute atomic E-state index is 0.312. The van der Waals surface area contributed by atoms with Gasteiger partial charge in [0.15, 0.2) is 5.82 Å². The Hall–Kier alpha value is -2.31. The van der Waals surface area contributed by atoms with Crippen LogP contribution in [0.15, 0.2) is 24.5 Å². The van der Waals surface area contributed by atoms with Gasteiger partial charge in [-0.2, -0.15) is 0 Å². The van der Waals surface area contributed by atoms with Crippen molar-refractivity contribution in [3.05, 3.63) is 24.5 Å². The van der Waals surface area contributed by atoms with E-state index in [4.69, 9.17) is 0 Å². The Labute approximate surface area is 122 Å². The fourth-order valence-corrected chi connectivity index (χ4v) is 2.97. The molecule has 7 heteroatoms. The highest BCUT2D eigenvalue weighted by Crippen LogP contribution is 2.38. The van der Waals surface area contributed by atoms with Crippen molar-refractivity contribution in [2.24, 2.45) is 5.41 Å². The Balaban J connectivity index is 1.91. The van der Waals surface area contributed by atoms with Gasteiger partial charge in [-0.3, -0.25) is 9.78 Å². The zero-order chi connectivity index (χ0) is 14.7. The molecule has 0 aliphatic heterocycles. The molecule has 7 nitrogen and oxygen atoms in total. The molecule has 0 spiro atoms. The van der Waals surface area contributed by atoms with E-state index in [0.717, 1.165) is 24.8 Å². The summed E-state index contributed by atoms with van der Waals surface area (Å²) in [4.78, 5) is 15.7. The summed E-state index contributed by atoms with van der Waals surface area (Å²) in [6.07, 6.45) is 7.68. The minimum Gasteiger partial charge on any atom is -0.481 e. The third-order valence-corrected chi connectivity index (χ3v) is 4.19. The highest BCUT2D eigenvalue weighted by molar-refractivity contribution is 5.74. The van der Waals surface area contributed by atoms with Crippen LogP contribution in [0.3, 0.4) is 0 Å². The SMILES string of the molecule is O=C(O)C1(Cn2nnnc2-c2ccncc2)CCCCC1. The van der Waals surface area contributed by atoms with E-state index in [1.165, 1.54) is 0 Å². The number of aliphatic carboxylic acids is 1. The maximum absolute atomic E-state index is 11.8. The number of carbonyl (C=O) groups is 1. The number of rotatable bonds is 4. The van der Waals surface area contributed by atoms with Gasteiger partial charge >= 0.3 is 5.97 Å². The lowest BCUT2D eigenvalue weighted by Gasteiger charge is -2.32. The smallest absolute Gasteiger partial charge is 0.311 e. The zero-order valence-electron chi connectivity index (χ0n) is 11.6. The van der Waals surface area contributed by atoms with Gasteiger partial charge in [-0.05, 0) is 35.4 Å². The van der Waals surface area contributed by atoms with Crippen molar-refractivity contribution >= 4 is 5.97 Å². The molecule has 1 aliphatic rings. The molecule has 0 unspecified atom stereocenters. The molecule has 0 radical (unpaired) electrons. The lowest BCUT2D eigenvalue weighted by atomic mass is 9.74. The Morgan fingerprint density at radius 2 is 1.95 bits per heavy atom. The van der Waals surface area contributed by atoms with Crippen LogP contribution >= 0.6 is 0 Å². The largest absolute Gasteiger partial charge is 0.481 e. The number of aromatic nitrogens is 5. The summed E-state index contributed by atoms with van der Waals surface area (Å²) in [6, 6.07) is 3.63. The van der Waals surface area contributed by atoms with Crippen molar-refractivity contribution in [3.63, 3.8) is 0 Å². The second-order valence-electron chi connectivity index (χ2n) is 5.54. The molecule has 0 saturated heterocycles. The van der Waals surface area contributed by atoms with E-state index in [1.54, 1.807) is 17.1 Å². The molecule has 0 atom stereocenters. The van der Waals surface area contributed by atoms with Gasteiger partial charge in [0.1, 0.15) is 0 Å². The molecule has 0 aromatic carbocycles. The molecule has 1 fully saturated rings. The Morgan fingerprint density at radius 1 is 1.24 bits per heavy atom. The summed E-state index contributed by atoms with van der Waals surface area (Å²) >= 11 is 0. The molecule has 110 valence electrons. The van der Waals surface area contributed by atoms with Crippen LogP contribution in [0, 0.1) is 5.41 Å². The molecule has 1 saturated carbocycles. The van der Waals surface area contributed by atoms with Gasteiger partial charge in [0, 0.05) is 18.0 Å². The monoisotopic (exact) mass is 287 g/mol. The molecule has 1 N–H and O–H groups in total. The molecule has 3 rings (SSSR count). The second-order valence-corrected chi connectivity index (χ2v) is 5.54. The lowest BCUT2D eigenvalue weighted by molar-refractivity contribution is -0.152. The van der Waals surface area contributed by atoms with Gasteiger partial charge in [0.05, 0.1) is 12.0 Å². The summed E-state index contributed by atoms with van der Waals surface area (Å²) in [7, 11) is 0. The van der Waals surface area contributed by atoms with Crippen LogP contribution in [-0.4, -0.2) is 36.3 Å². The van der Waals surface area contributed by atoms with E-state index in [1.807, 2.05) is 12.1 Å². The second kappa shape index (κ2) is 5.59. The third kappa shape index (κ3) is 2.63. The number of carboxylic acids is 1. The van der Waals surface area contributed by atoms with Crippen LogP contribution in [0.25, 0.3) is 11.4 Å². The van der Waals surface area contributed by atoms with Crippen molar-refractivity contribution in [2.45, 2.75) is 38.6 Å². The number of hydrogen-bond acceptors (Lipinski definition) is 5. The van der Waals surface area contributed by atoms with Crippen LogP contribution < -0.4 is 0 Å². The number of pyridine rings is 1. The maximum Gasteiger partial charge on any atom is 0.311 e. The molecular formula is C14H17N5O2. The summed E-state index contributed by atoms with van der Waals surface area (Å²) < 4.78 is 1.61. The van der Waals surface area contributed by atoms with Gasteiger partial charge in [-0.1, -0.05) is 19.3 Å². The predicted octanol–water partition coefficient (Wildman–Crippen LogP) is 1.77. The summed E-state index contributed by atoms with van der Waals surface area (Å²) in [5.41, 5.74) is 0.0847. The molecule has 2 heterocycles. The van der Waals surface area contributed by atoms with E-state index in [2.05, 4.69) is 20.5 Å². The summed E-state index contributed by atoms with van der Waals surface area (Å²) in [5.74, 6) is -0.165. The standard InChI is InChI=1S/C14H17N5O2/c20-13(21)14(6-2-1-3-7-14)10-19-12(16-17-18-19)11-4-8-15-9-5-11/h4-5,8-9H,1-3,6-7,10H2,(H,20,21). The van der Waals surface area contributed by atoms with Crippen LogP contribution in [0.4, 0.5) is 0 Å². The number of nitrogens with zero attached hydrogens (tertiary/aromatic N) is 5. The normalized spacial score (nSPS) is 17.5. The topological polar surface area (TPSA) is 93.8 Å². The molecule has 1 aliphatic carbocycles. The van der Waals surface area contributed by atoms with Crippen LogP contribution in [0.2, 0.25) is 0 Å². The van der Waals surface area contributed by atoms with Gasteiger partial charge in [0.2, 0.25) is 0 Å². The Kier molecular flexibility index (Phi) is 3.64. The number of tetrazole rings is 1. The highest BCUT2D eigenvalue weighted by atomic mass is 16.4. The van der Waals surface area contributed by atoms with Gasteiger partial charge in [-0.25, -0.2) is 4.68 Å². The van der Waals surface area contributed by atoms with Gasteiger partial charge in [-0.15, -0.1) is 5.10 Å². The predicted molar refractivity (Wildman–Crippen MR) is 74.2 cm³/mol. The fraction of sp³-hybridized carbons (Fsp3) is 0.500. The maximum atomic E-state index is 11.8. The molecule has 2 aromatic rings. The summed E-state index contributed by atoms with van der Waals surface area (Å²) in [5, 5.41) is 21.4. The van der Waals surface area contributed by atoms with Gasteiger partial charge < -0.3 is 5.11 Å². The first kappa shape index (κ1) is 13.7. The van der Waals surface area contributed by atoms with Crippen LogP contribution in [0.1, 0.15) is 32.1 Å². The summed E-state index contributed by atoms with van der Waals surface area (Å²) in [6.45, 7) is 0.312. The van der Waals surface area contributed by atoms with E-state index < -0.39 is 11.4 Å². The van der Waals surface area contributed by atoms with Crippen molar-refractivity contribution in [1.29, 1.82) is 0 Å². The first-order valence-corrected chi connectivity index (χ1v) is 7.11. The van der Waals surface area contributed by atoms with E-state index >= 15 is 0 Å². The van der Waals surface area contributed by atoms with Crippen molar-refractivity contribution in [1.82, 2.24) is 25.2 Å². The van der Waals surface area contributed by atoms with Crippen LogP contribution in [0.5, 0.6) is 0 Å². The van der Waals surface area contributed by atoms with Crippen LogP contribution in [-0.2, 0) is 11.3 Å². The highest BCUT2D eigenvalue weighted by Gasteiger charge is 2.41. The van der Waals surface area contributed by atoms with Crippen molar-refractivity contribution in [2.75, 3.05) is 0 Å². The fourth-order valence-electron chi connectivity index (χ4n) is 2.97. The molecular weight excluding hydrogens is 270 g/mol. The third-order valence-electron chi connectivity index (χ3n) is 4.19. The quantitative estimate of drug-likeness (QED) is 0.921. The minimum atomic E-state index is -0.755. The van der Waals surface area contributed by atoms with Crippen molar-refractivity contribution in [3.8, 4) is 11.4 Å². The van der Waals surface area contributed by atoms with Crippen molar-refractivity contribution < 1.29 is 9.90 Å². The van der Waals surface area contributed by atoms with E-state index in [-0.39, 0.29) is 0 Å². The Bertz CT molecular complexity index is 619. The first-order valence-electron chi connectivity index (χ1n) is 7.11. The average molecular weight is 287 g/mol. The van der Waals surface area contributed by atoms with E-state index in [0.29, 0.717) is 25.2 Å². The molecule has 0 bridgehead atoms. The van der Waals surface area contributed by atoms with Gasteiger partial charge in [0.25, 0.3) is 0 Å². The molecule has 0 amide bonds. The number of hydrogen-bond donors (Lipinski definition) is 1. The van der Waals surface area contributed by atoms with E-state index in [9.17, 15) is 9.90 Å². The molecule has 21 heavy (non-hydrogen) atoms. The first-order chi connectivity index (χ1) is 10.2. The average Bonchev–Trinajstić information content (AvgIpc) is 2.97. The number of carboxylic acid groups (broad SMARTS) is 1.